The quantitative estimate of drug-likeness (QED) is 0.671. The van der Waals surface area contributed by atoms with E-state index in [2.05, 4.69) is 82.3 Å². The van der Waals surface area contributed by atoms with Crippen LogP contribution >= 0.6 is 0 Å². The zero-order chi connectivity index (χ0) is 15.0. The summed E-state index contributed by atoms with van der Waals surface area (Å²) in [6.45, 7) is 8.72. The SMILES string of the molecule is Cc1ccc(-c2ccc3c(c2)C=CC(C(C)(C)C)O3)cc1. The Hall–Kier alpha value is -2.02. The molecular weight excluding hydrogens is 256 g/mol. The summed E-state index contributed by atoms with van der Waals surface area (Å²) in [7, 11) is 0. The molecular formula is C20H22O. The van der Waals surface area contributed by atoms with Crippen LogP contribution in [0.2, 0.25) is 0 Å². The molecule has 1 nitrogen and oxygen atoms in total. The minimum atomic E-state index is 0.115. The molecule has 108 valence electrons. The molecule has 0 fully saturated rings. The number of aryl methyl sites for hydroxylation is 1. The largest absolute Gasteiger partial charge is 0.485 e. The molecule has 0 radical (unpaired) electrons. The van der Waals surface area contributed by atoms with Gasteiger partial charge in [0.25, 0.3) is 0 Å². The van der Waals surface area contributed by atoms with Crippen LogP contribution < -0.4 is 4.74 Å². The molecule has 1 heterocycles. The summed E-state index contributed by atoms with van der Waals surface area (Å²) in [5, 5.41) is 0. The van der Waals surface area contributed by atoms with Crippen LogP contribution in [0.4, 0.5) is 0 Å². The van der Waals surface area contributed by atoms with Crippen molar-refractivity contribution >= 4 is 6.08 Å². The first-order valence-corrected chi connectivity index (χ1v) is 7.49. The van der Waals surface area contributed by atoms with Gasteiger partial charge in [-0.1, -0.05) is 62.7 Å². The highest BCUT2D eigenvalue weighted by Crippen LogP contribution is 2.35. The average molecular weight is 278 g/mol. The van der Waals surface area contributed by atoms with Gasteiger partial charge >= 0.3 is 0 Å². The summed E-state index contributed by atoms with van der Waals surface area (Å²) in [5.74, 6) is 0.980. The van der Waals surface area contributed by atoms with Crippen LogP contribution in [-0.2, 0) is 0 Å². The van der Waals surface area contributed by atoms with Crippen LogP contribution in [0.25, 0.3) is 17.2 Å². The van der Waals surface area contributed by atoms with Gasteiger partial charge in [0, 0.05) is 11.0 Å². The van der Waals surface area contributed by atoms with Gasteiger partial charge in [0.05, 0.1) is 0 Å². The van der Waals surface area contributed by atoms with E-state index in [1.54, 1.807) is 0 Å². The third-order valence-corrected chi connectivity index (χ3v) is 3.95. The average Bonchev–Trinajstić information content (AvgIpc) is 2.46. The highest BCUT2D eigenvalue weighted by molar-refractivity contribution is 5.71. The molecule has 1 aliphatic rings. The minimum Gasteiger partial charge on any atom is -0.485 e. The Balaban J connectivity index is 1.93. The lowest BCUT2D eigenvalue weighted by Crippen LogP contribution is -2.31. The number of ether oxygens (including phenoxy) is 1. The van der Waals surface area contributed by atoms with Crippen LogP contribution in [0.5, 0.6) is 5.75 Å². The van der Waals surface area contributed by atoms with Crippen LogP contribution in [0.1, 0.15) is 31.9 Å². The molecule has 0 saturated heterocycles. The Labute approximate surface area is 127 Å². The molecule has 0 aliphatic carbocycles. The number of fused-ring (bicyclic) bond motifs is 1. The fraction of sp³-hybridized carbons (Fsp3) is 0.300. The van der Waals surface area contributed by atoms with E-state index in [1.165, 1.54) is 16.7 Å². The molecule has 0 amide bonds. The Kier molecular flexibility index (Phi) is 3.36. The molecule has 1 atom stereocenters. The number of benzene rings is 2. The van der Waals surface area contributed by atoms with E-state index in [1.807, 2.05) is 0 Å². The van der Waals surface area contributed by atoms with Gasteiger partial charge in [-0.05, 0) is 36.3 Å². The van der Waals surface area contributed by atoms with Crippen LogP contribution in [0.15, 0.2) is 48.5 Å². The smallest absolute Gasteiger partial charge is 0.127 e. The second-order valence-corrected chi connectivity index (χ2v) is 6.88. The molecule has 2 aromatic rings. The maximum atomic E-state index is 6.12. The second kappa shape index (κ2) is 5.07. The Bertz CT molecular complexity index is 672. The predicted octanol–water partition coefficient (Wildman–Crippen LogP) is 5.48. The van der Waals surface area contributed by atoms with Gasteiger partial charge in [0.1, 0.15) is 11.9 Å². The van der Waals surface area contributed by atoms with Crippen molar-refractivity contribution in [1.82, 2.24) is 0 Å². The fourth-order valence-electron chi connectivity index (χ4n) is 2.54. The monoisotopic (exact) mass is 278 g/mol. The molecule has 0 N–H and O–H groups in total. The summed E-state index contributed by atoms with van der Waals surface area (Å²) in [4.78, 5) is 0. The third-order valence-electron chi connectivity index (χ3n) is 3.95. The lowest BCUT2D eigenvalue weighted by atomic mass is 9.87. The van der Waals surface area contributed by atoms with Crippen LogP contribution in [0, 0.1) is 12.3 Å². The molecule has 2 aromatic carbocycles. The highest BCUT2D eigenvalue weighted by atomic mass is 16.5. The second-order valence-electron chi connectivity index (χ2n) is 6.88. The van der Waals surface area contributed by atoms with Gasteiger partial charge in [-0.3, -0.25) is 0 Å². The lowest BCUT2D eigenvalue weighted by molar-refractivity contribution is 0.126. The zero-order valence-corrected chi connectivity index (χ0v) is 13.2. The van der Waals surface area contributed by atoms with Crippen molar-refractivity contribution < 1.29 is 4.74 Å². The number of hydrogen-bond donors (Lipinski definition) is 0. The van der Waals surface area contributed by atoms with Crippen molar-refractivity contribution in [1.29, 1.82) is 0 Å². The molecule has 1 heteroatoms. The molecule has 1 aliphatic heterocycles. The summed E-state index contributed by atoms with van der Waals surface area (Å²) >= 11 is 0. The van der Waals surface area contributed by atoms with Gasteiger partial charge in [-0.15, -0.1) is 0 Å². The lowest BCUT2D eigenvalue weighted by Gasteiger charge is -2.31. The standard InChI is InChI=1S/C20H22O/c1-14-5-7-15(8-6-14)16-9-11-18-17(13-16)10-12-19(21-18)20(2,3)4/h5-13,19H,1-4H3. The van der Waals surface area contributed by atoms with E-state index >= 15 is 0 Å². The molecule has 0 bridgehead atoms. The Morgan fingerprint density at radius 1 is 0.905 bits per heavy atom. The first-order valence-electron chi connectivity index (χ1n) is 7.49. The molecule has 21 heavy (non-hydrogen) atoms. The Morgan fingerprint density at radius 2 is 1.57 bits per heavy atom. The number of rotatable bonds is 1. The highest BCUT2D eigenvalue weighted by Gasteiger charge is 2.27. The van der Waals surface area contributed by atoms with Gasteiger partial charge < -0.3 is 4.74 Å². The number of hydrogen-bond acceptors (Lipinski definition) is 1. The van der Waals surface area contributed by atoms with Crippen molar-refractivity contribution in [2.45, 2.75) is 33.8 Å². The van der Waals surface area contributed by atoms with Gasteiger partial charge in [-0.2, -0.15) is 0 Å². The molecule has 0 aromatic heterocycles. The first kappa shape index (κ1) is 13.9. The zero-order valence-electron chi connectivity index (χ0n) is 13.2. The third kappa shape index (κ3) is 2.87. The fourth-order valence-corrected chi connectivity index (χ4v) is 2.54. The van der Waals surface area contributed by atoms with Crippen molar-refractivity contribution in [3.63, 3.8) is 0 Å². The van der Waals surface area contributed by atoms with E-state index in [-0.39, 0.29) is 11.5 Å². The molecule has 0 saturated carbocycles. The molecule has 1 unspecified atom stereocenters. The van der Waals surface area contributed by atoms with E-state index < -0.39 is 0 Å². The topological polar surface area (TPSA) is 9.23 Å². The summed E-state index contributed by atoms with van der Waals surface area (Å²) in [6, 6.07) is 15.1. The van der Waals surface area contributed by atoms with E-state index in [0.29, 0.717) is 0 Å². The maximum absolute atomic E-state index is 6.12. The normalized spacial score (nSPS) is 17.2. The van der Waals surface area contributed by atoms with Crippen molar-refractivity contribution in [3.05, 3.63) is 59.7 Å². The maximum Gasteiger partial charge on any atom is 0.127 e. The Morgan fingerprint density at radius 3 is 2.24 bits per heavy atom. The van der Waals surface area contributed by atoms with E-state index in [4.69, 9.17) is 4.74 Å². The molecule has 3 rings (SSSR count). The van der Waals surface area contributed by atoms with Gasteiger partial charge in [-0.25, -0.2) is 0 Å². The van der Waals surface area contributed by atoms with Crippen LogP contribution in [0.3, 0.4) is 0 Å². The van der Waals surface area contributed by atoms with E-state index in [9.17, 15) is 0 Å². The first-order chi connectivity index (χ1) is 9.93. The van der Waals surface area contributed by atoms with Crippen molar-refractivity contribution in [2.24, 2.45) is 5.41 Å². The summed E-state index contributed by atoms with van der Waals surface area (Å²) in [6.07, 6.45) is 4.49. The van der Waals surface area contributed by atoms with E-state index in [0.717, 1.165) is 11.3 Å². The van der Waals surface area contributed by atoms with Crippen molar-refractivity contribution in [2.75, 3.05) is 0 Å². The van der Waals surface area contributed by atoms with Crippen molar-refractivity contribution in [3.8, 4) is 16.9 Å². The summed E-state index contributed by atoms with van der Waals surface area (Å²) < 4.78 is 6.12. The predicted molar refractivity (Wildman–Crippen MR) is 89.5 cm³/mol. The molecule has 0 spiro atoms. The van der Waals surface area contributed by atoms with Gasteiger partial charge in [0.2, 0.25) is 0 Å². The minimum absolute atomic E-state index is 0.115. The van der Waals surface area contributed by atoms with Crippen LogP contribution in [-0.4, -0.2) is 6.10 Å². The van der Waals surface area contributed by atoms with Gasteiger partial charge in [0.15, 0.2) is 0 Å². The summed E-state index contributed by atoms with van der Waals surface area (Å²) in [5.41, 5.74) is 5.04.